The summed E-state index contributed by atoms with van der Waals surface area (Å²) in [4.78, 5) is 14.4. The Morgan fingerprint density at radius 1 is 0.821 bits per heavy atom. The Labute approximate surface area is 226 Å². The molecule has 0 bridgehead atoms. The average molecular weight is 507 g/mol. The first-order valence-corrected chi connectivity index (χ1v) is 13.4. The summed E-state index contributed by atoms with van der Waals surface area (Å²) < 4.78 is 2.25. The Kier molecular flexibility index (Phi) is 4.75. The number of nitrogens with one attached hydrogen (secondary N) is 1. The molecule has 1 aliphatic heterocycles. The van der Waals surface area contributed by atoms with Crippen molar-refractivity contribution in [3.05, 3.63) is 109 Å². The van der Waals surface area contributed by atoms with Gasteiger partial charge in [-0.15, -0.1) is 0 Å². The molecule has 0 unspecified atom stereocenters. The first-order chi connectivity index (χ1) is 19.2. The van der Waals surface area contributed by atoms with Crippen molar-refractivity contribution in [2.24, 2.45) is 5.73 Å². The molecule has 8 rings (SSSR count). The van der Waals surface area contributed by atoms with Crippen LogP contribution in [0.4, 0.5) is 11.5 Å². The van der Waals surface area contributed by atoms with Crippen LogP contribution in [-0.4, -0.2) is 19.5 Å². The van der Waals surface area contributed by atoms with Gasteiger partial charge in [0, 0.05) is 46.2 Å². The number of imidazole rings is 1. The van der Waals surface area contributed by atoms with Crippen LogP contribution in [0.2, 0.25) is 0 Å². The molecule has 0 spiro atoms. The maximum atomic E-state index is 6.68. The summed E-state index contributed by atoms with van der Waals surface area (Å²) in [6, 6.07) is 29.6. The van der Waals surface area contributed by atoms with E-state index in [1.807, 2.05) is 36.8 Å². The summed E-state index contributed by atoms with van der Waals surface area (Å²) in [5.74, 6) is 1.67. The second-order valence-electron chi connectivity index (χ2n) is 10.5. The number of rotatable bonds is 3. The molecule has 0 saturated heterocycles. The maximum absolute atomic E-state index is 6.68. The highest BCUT2D eigenvalue weighted by Gasteiger charge is 2.34. The Hall–Kier alpha value is -4.81. The van der Waals surface area contributed by atoms with Gasteiger partial charge in [-0.1, -0.05) is 48.5 Å². The van der Waals surface area contributed by atoms with E-state index in [4.69, 9.17) is 15.7 Å². The zero-order chi connectivity index (χ0) is 26.0. The summed E-state index contributed by atoms with van der Waals surface area (Å²) in [6.07, 6.45) is 8.81. The van der Waals surface area contributed by atoms with Gasteiger partial charge in [0.25, 0.3) is 0 Å². The summed E-state index contributed by atoms with van der Waals surface area (Å²) in [7, 11) is 0. The van der Waals surface area contributed by atoms with Gasteiger partial charge in [0.15, 0.2) is 5.82 Å². The first-order valence-electron chi connectivity index (χ1n) is 13.4. The lowest BCUT2D eigenvalue weighted by atomic mass is 9.72. The number of pyridine rings is 2. The smallest absolute Gasteiger partial charge is 0.154 e. The van der Waals surface area contributed by atoms with Gasteiger partial charge in [-0.25, -0.2) is 9.97 Å². The van der Waals surface area contributed by atoms with E-state index in [2.05, 4.69) is 81.6 Å². The zero-order valence-electron chi connectivity index (χ0n) is 21.3. The van der Waals surface area contributed by atoms with Crippen LogP contribution < -0.4 is 11.1 Å². The highest BCUT2D eigenvalue weighted by molar-refractivity contribution is 5.93. The lowest BCUT2D eigenvalue weighted by Crippen LogP contribution is -2.43. The number of benzene rings is 3. The lowest BCUT2D eigenvalue weighted by molar-refractivity contribution is 0.253. The lowest BCUT2D eigenvalue weighted by Gasteiger charge is -2.38. The van der Waals surface area contributed by atoms with E-state index in [1.165, 1.54) is 12.0 Å². The van der Waals surface area contributed by atoms with Gasteiger partial charge in [0.05, 0.1) is 22.8 Å². The Morgan fingerprint density at radius 3 is 2.51 bits per heavy atom. The van der Waals surface area contributed by atoms with E-state index >= 15 is 0 Å². The third-order valence-corrected chi connectivity index (χ3v) is 8.22. The number of aromatic nitrogens is 4. The second-order valence-corrected chi connectivity index (χ2v) is 10.5. The zero-order valence-corrected chi connectivity index (χ0v) is 21.3. The van der Waals surface area contributed by atoms with Crippen LogP contribution >= 0.6 is 0 Å². The molecule has 1 saturated carbocycles. The predicted octanol–water partition coefficient (Wildman–Crippen LogP) is 7.21. The number of fused-ring (bicyclic) bond motifs is 6. The van der Waals surface area contributed by atoms with Crippen molar-refractivity contribution in [1.29, 1.82) is 0 Å². The molecular formula is C33H26N6. The SMILES string of the molecule is NC1(c2ccc(-c3c(-c4ccc5cnccc5c4)nc4n3-c3cccnc3Nc3ccccc3-4)cc2)CCC1. The van der Waals surface area contributed by atoms with E-state index in [-0.39, 0.29) is 5.54 Å². The molecule has 3 aromatic carbocycles. The number of hydrogen-bond acceptors (Lipinski definition) is 5. The molecule has 3 N–H and O–H groups in total. The van der Waals surface area contributed by atoms with Crippen molar-refractivity contribution in [2.45, 2.75) is 24.8 Å². The minimum absolute atomic E-state index is 0.207. The monoisotopic (exact) mass is 506 g/mol. The Morgan fingerprint density at radius 2 is 1.67 bits per heavy atom. The molecule has 1 aliphatic carbocycles. The van der Waals surface area contributed by atoms with Crippen molar-refractivity contribution >= 4 is 22.3 Å². The largest absolute Gasteiger partial charge is 0.338 e. The molecule has 6 nitrogen and oxygen atoms in total. The molecule has 2 aliphatic rings. The molecule has 1 fully saturated rings. The minimum Gasteiger partial charge on any atom is -0.338 e. The number of para-hydroxylation sites is 1. The Balaban J connectivity index is 1.43. The third kappa shape index (κ3) is 3.42. The molecule has 3 aromatic heterocycles. The van der Waals surface area contributed by atoms with Crippen LogP contribution in [0, 0.1) is 0 Å². The number of hydrogen-bond donors (Lipinski definition) is 2. The Bertz CT molecular complexity index is 1880. The van der Waals surface area contributed by atoms with Crippen molar-refractivity contribution < 1.29 is 0 Å². The number of nitrogens with two attached hydrogens (primary N) is 1. The average Bonchev–Trinajstić information content (AvgIpc) is 3.30. The minimum atomic E-state index is -0.207. The molecule has 6 aromatic rings. The molecule has 0 atom stereocenters. The third-order valence-electron chi connectivity index (χ3n) is 8.22. The normalized spacial score (nSPS) is 14.9. The van der Waals surface area contributed by atoms with E-state index < -0.39 is 0 Å². The van der Waals surface area contributed by atoms with Crippen LogP contribution in [-0.2, 0) is 5.54 Å². The fourth-order valence-electron chi connectivity index (χ4n) is 5.93. The van der Waals surface area contributed by atoms with E-state index in [0.717, 1.165) is 74.7 Å². The van der Waals surface area contributed by atoms with Crippen LogP contribution in [0.5, 0.6) is 0 Å². The molecule has 6 heteroatoms. The van der Waals surface area contributed by atoms with Crippen LogP contribution in [0.3, 0.4) is 0 Å². The van der Waals surface area contributed by atoms with Gasteiger partial charge in [-0.3, -0.25) is 9.55 Å². The molecule has 188 valence electrons. The summed E-state index contributed by atoms with van der Waals surface area (Å²) in [5, 5.41) is 5.78. The van der Waals surface area contributed by atoms with E-state index in [0.29, 0.717) is 0 Å². The topological polar surface area (TPSA) is 81.7 Å². The predicted molar refractivity (Wildman–Crippen MR) is 156 cm³/mol. The molecule has 4 heterocycles. The second kappa shape index (κ2) is 8.35. The van der Waals surface area contributed by atoms with Gasteiger partial charge in [0.2, 0.25) is 0 Å². The van der Waals surface area contributed by atoms with Crippen molar-refractivity contribution in [1.82, 2.24) is 19.5 Å². The summed E-state index contributed by atoms with van der Waals surface area (Å²) in [6.45, 7) is 0. The van der Waals surface area contributed by atoms with Gasteiger partial charge < -0.3 is 11.1 Å². The van der Waals surface area contributed by atoms with E-state index in [9.17, 15) is 0 Å². The van der Waals surface area contributed by atoms with E-state index in [1.54, 1.807) is 0 Å². The standard InChI is InChI=1S/C33H26N6/c34-33(15-4-16-33)25-12-10-21(11-13-25)30-29(23-8-9-24-20-35-18-14-22(24)19-23)38-32-26-5-1-2-6-27(26)37-31-28(39(30)32)7-3-17-36-31/h1-3,5-14,17-20H,4,15-16,34H2,(H,36,37). The van der Waals surface area contributed by atoms with Crippen molar-refractivity contribution in [3.63, 3.8) is 0 Å². The van der Waals surface area contributed by atoms with Crippen LogP contribution in [0.1, 0.15) is 24.8 Å². The fraction of sp³-hybridized carbons (Fsp3) is 0.121. The van der Waals surface area contributed by atoms with Gasteiger partial charge in [-0.2, -0.15) is 0 Å². The van der Waals surface area contributed by atoms with Gasteiger partial charge in [0.1, 0.15) is 5.82 Å². The molecule has 0 radical (unpaired) electrons. The highest BCUT2D eigenvalue weighted by atomic mass is 15.2. The van der Waals surface area contributed by atoms with Crippen molar-refractivity contribution in [2.75, 3.05) is 5.32 Å². The van der Waals surface area contributed by atoms with Gasteiger partial charge in [-0.05, 0) is 66.6 Å². The molecule has 39 heavy (non-hydrogen) atoms. The highest BCUT2D eigenvalue weighted by Crippen LogP contribution is 2.45. The quantitative estimate of drug-likeness (QED) is 0.265. The first kappa shape index (κ1) is 22.2. The fourth-order valence-corrected chi connectivity index (χ4v) is 5.93. The molecule has 0 amide bonds. The summed E-state index contributed by atoms with van der Waals surface area (Å²) in [5.41, 5.74) is 14.7. The number of nitrogens with zero attached hydrogens (tertiary/aromatic N) is 4. The van der Waals surface area contributed by atoms with Gasteiger partial charge >= 0.3 is 0 Å². The number of anilines is 2. The molecular weight excluding hydrogens is 480 g/mol. The van der Waals surface area contributed by atoms with Crippen molar-refractivity contribution in [3.8, 4) is 39.6 Å². The van der Waals surface area contributed by atoms with Crippen LogP contribution in [0.15, 0.2) is 104 Å². The summed E-state index contributed by atoms with van der Waals surface area (Å²) >= 11 is 0. The van der Waals surface area contributed by atoms with Crippen LogP contribution in [0.25, 0.3) is 50.4 Å². The maximum Gasteiger partial charge on any atom is 0.154 e.